The zero-order valence-corrected chi connectivity index (χ0v) is 15.1. The molecule has 5 nitrogen and oxygen atoms in total. The number of nitrogens with zero attached hydrogens (tertiary/aromatic N) is 4. The normalized spacial score (nSPS) is 15.0. The van der Waals surface area contributed by atoms with Crippen LogP contribution in [0.2, 0.25) is 0 Å². The maximum Gasteiger partial charge on any atom is 0.192 e. The summed E-state index contributed by atoms with van der Waals surface area (Å²) in [5, 5.41) is 9.50. The molecule has 1 aromatic carbocycles. The molecule has 1 aliphatic rings. The first kappa shape index (κ1) is 17.9. The van der Waals surface area contributed by atoms with E-state index >= 15 is 0 Å². The second-order valence-corrected chi connectivity index (χ2v) is 6.58. The highest BCUT2D eigenvalue weighted by atomic mass is 32.2. The fourth-order valence-corrected chi connectivity index (χ4v) is 3.43. The largest absolute Gasteiger partial charge is 0.379 e. The fraction of sp³-hybridized carbons (Fsp3) is 0.444. The van der Waals surface area contributed by atoms with Crippen LogP contribution in [0.3, 0.4) is 0 Å². The average molecular weight is 360 g/mol. The Labute approximate surface area is 151 Å². The van der Waals surface area contributed by atoms with Gasteiger partial charge in [-0.25, -0.2) is 4.39 Å². The van der Waals surface area contributed by atoms with Crippen LogP contribution in [0.15, 0.2) is 29.4 Å². The first-order valence-electron chi connectivity index (χ1n) is 8.29. The van der Waals surface area contributed by atoms with Crippen molar-refractivity contribution in [2.75, 3.05) is 38.6 Å². The zero-order valence-electron chi connectivity index (χ0n) is 14.2. The molecule has 0 saturated carbocycles. The molecule has 1 aromatic heterocycles. The predicted octanol–water partition coefficient (Wildman–Crippen LogP) is 2.53. The Bertz CT molecular complexity index is 745. The highest BCUT2D eigenvalue weighted by Gasteiger charge is 2.16. The van der Waals surface area contributed by atoms with Gasteiger partial charge in [0.15, 0.2) is 11.0 Å². The molecular weight excluding hydrogens is 339 g/mol. The van der Waals surface area contributed by atoms with Gasteiger partial charge >= 0.3 is 0 Å². The summed E-state index contributed by atoms with van der Waals surface area (Å²) in [7, 11) is 0. The molecular formula is C18H21FN4OS. The number of hydrogen-bond acceptors (Lipinski definition) is 5. The molecule has 2 aromatic rings. The second kappa shape index (κ2) is 8.99. The molecule has 0 spiro atoms. The van der Waals surface area contributed by atoms with E-state index in [2.05, 4.69) is 31.5 Å². The van der Waals surface area contributed by atoms with Crippen molar-refractivity contribution >= 4 is 11.8 Å². The Kier molecular flexibility index (Phi) is 6.45. The lowest BCUT2D eigenvalue weighted by Crippen LogP contribution is -2.38. The maximum absolute atomic E-state index is 13.2. The van der Waals surface area contributed by atoms with Gasteiger partial charge in [-0.1, -0.05) is 17.7 Å². The van der Waals surface area contributed by atoms with Gasteiger partial charge in [0.25, 0.3) is 0 Å². The highest BCUT2D eigenvalue weighted by Crippen LogP contribution is 2.24. The van der Waals surface area contributed by atoms with Crippen molar-refractivity contribution in [3.8, 4) is 23.2 Å². The molecule has 0 N–H and O–H groups in total. The number of halogens is 1. The molecule has 0 unspecified atom stereocenters. The van der Waals surface area contributed by atoms with E-state index < -0.39 is 0 Å². The van der Waals surface area contributed by atoms with Crippen molar-refractivity contribution in [3.05, 3.63) is 30.1 Å². The van der Waals surface area contributed by atoms with E-state index in [1.807, 2.05) is 6.92 Å². The van der Waals surface area contributed by atoms with Crippen molar-refractivity contribution in [2.45, 2.75) is 18.6 Å². The van der Waals surface area contributed by atoms with Crippen LogP contribution < -0.4 is 0 Å². The van der Waals surface area contributed by atoms with E-state index in [4.69, 9.17) is 4.74 Å². The summed E-state index contributed by atoms with van der Waals surface area (Å²) in [6, 6.07) is 6.38. The van der Waals surface area contributed by atoms with Gasteiger partial charge in [0, 0.05) is 31.7 Å². The number of aromatic nitrogens is 3. The number of hydrogen-bond donors (Lipinski definition) is 0. The molecule has 1 aliphatic heterocycles. The lowest BCUT2D eigenvalue weighted by atomic mass is 10.2. The SMILES string of the molecule is CC#CCSc1nnc(-c2ccc(F)cc2)n1CCN1CCOCC1. The standard InChI is InChI=1S/C18H21FN4OS/c1-2-3-14-25-18-21-20-17(15-4-6-16(19)7-5-15)23(18)9-8-22-10-12-24-13-11-22/h4-7H,8-14H2,1H3. The molecule has 25 heavy (non-hydrogen) atoms. The quantitative estimate of drug-likeness (QED) is 0.585. The van der Waals surface area contributed by atoms with Crippen LogP contribution in [-0.2, 0) is 11.3 Å². The number of rotatable bonds is 6. The summed E-state index contributed by atoms with van der Waals surface area (Å²) < 4.78 is 20.7. The summed E-state index contributed by atoms with van der Waals surface area (Å²) in [4.78, 5) is 2.37. The molecule has 0 radical (unpaired) electrons. The molecule has 1 fully saturated rings. The van der Waals surface area contributed by atoms with Crippen molar-refractivity contribution in [1.82, 2.24) is 19.7 Å². The minimum absolute atomic E-state index is 0.254. The Hall–Kier alpha value is -1.88. The van der Waals surface area contributed by atoms with E-state index in [1.165, 1.54) is 12.1 Å². The van der Waals surface area contributed by atoms with Gasteiger partial charge in [-0.05, 0) is 31.2 Å². The van der Waals surface area contributed by atoms with Gasteiger partial charge in [-0.3, -0.25) is 4.90 Å². The number of ether oxygens (including phenoxy) is 1. The average Bonchev–Trinajstić information content (AvgIpc) is 3.04. The molecule has 7 heteroatoms. The summed E-state index contributed by atoms with van der Waals surface area (Å²) in [5.41, 5.74) is 0.865. The number of thioether (sulfide) groups is 1. The molecule has 1 saturated heterocycles. The molecule has 2 heterocycles. The van der Waals surface area contributed by atoms with E-state index in [0.29, 0.717) is 5.75 Å². The van der Waals surface area contributed by atoms with Gasteiger partial charge in [-0.15, -0.1) is 16.1 Å². The van der Waals surface area contributed by atoms with Crippen LogP contribution in [0.4, 0.5) is 4.39 Å². The topological polar surface area (TPSA) is 43.2 Å². The molecule has 0 aliphatic carbocycles. The Morgan fingerprint density at radius 3 is 2.64 bits per heavy atom. The Balaban J connectivity index is 1.80. The molecule has 132 valence electrons. The van der Waals surface area contributed by atoms with Gasteiger partial charge < -0.3 is 9.30 Å². The molecule has 0 bridgehead atoms. The second-order valence-electron chi connectivity index (χ2n) is 5.63. The van der Waals surface area contributed by atoms with Gasteiger partial charge in [0.2, 0.25) is 0 Å². The zero-order chi connectivity index (χ0) is 17.5. The summed E-state index contributed by atoms with van der Waals surface area (Å²) in [6.07, 6.45) is 0. The molecule has 3 rings (SSSR count). The van der Waals surface area contributed by atoms with Crippen LogP contribution in [0, 0.1) is 17.7 Å². The van der Waals surface area contributed by atoms with Crippen molar-refractivity contribution in [3.63, 3.8) is 0 Å². The van der Waals surface area contributed by atoms with E-state index in [1.54, 1.807) is 23.9 Å². The van der Waals surface area contributed by atoms with Crippen LogP contribution in [0.1, 0.15) is 6.92 Å². The summed E-state index contributed by atoms with van der Waals surface area (Å²) in [6.45, 7) is 6.95. The van der Waals surface area contributed by atoms with Crippen LogP contribution >= 0.6 is 11.8 Å². The van der Waals surface area contributed by atoms with Crippen molar-refractivity contribution < 1.29 is 9.13 Å². The minimum atomic E-state index is -0.254. The highest BCUT2D eigenvalue weighted by molar-refractivity contribution is 7.99. The fourth-order valence-electron chi connectivity index (χ4n) is 2.65. The number of morpholine rings is 1. The Morgan fingerprint density at radius 2 is 1.92 bits per heavy atom. The third-order valence-electron chi connectivity index (χ3n) is 4.01. The van der Waals surface area contributed by atoms with Crippen LogP contribution in [0.5, 0.6) is 0 Å². The van der Waals surface area contributed by atoms with E-state index in [0.717, 1.165) is 55.9 Å². The predicted molar refractivity (Wildman–Crippen MR) is 96.8 cm³/mol. The van der Waals surface area contributed by atoms with Gasteiger partial charge in [-0.2, -0.15) is 0 Å². The maximum atomic E-state index is 13.2. The smallest absolute Gasteiger partial charge is 0.192 e. The third-order valence-corrected chi connectivity index (χ3v) is 4.86. The summed E-state index contributed by atoms with van der Waals surface area (Å²) in [5.74, 6) is 7.12. The van der Waals surface area contributed by atoms with E-state index in [9.17, 15) is 4.39 Å². The van der Waals surface area contributed by atoms with Crippen LogP contribution in [-0.4, -0.2) is 58.3 Å². The third kappa shape index (κ3) is 4.82. The first-order chi connectivity index (χ1) is 12.3. The number of benzene rings is 1. The monoisotopic (exact) mass is 360 g/mol. The lowest BCUT2D eigenvalue weighted by Gasteiger charge is -2.26. The van der Waals surface area contributed by atoms with Crippen molar-refractivity contribution in [2.24, 2.45) is 0 Å². The van der Waals surface area contributed by atoms with Crippen LogP contribution in [0.25, 0.3) is 11.4 Å². The summed E-state index contributed by atoms with van der Waals surface area (Å²) >= 11 is 1.58. The van der Waals surface area contributed by atoms with Gasteiger partial charge in [0.1, 0.15) is 5.82 Å². The lowest BCUT2D eigenvalue weighted by molar-refractivity contribution is 0.0361. The van der Waals surface area contributed by atoms with E-state index in [-0.39, 0.29) is 5.82 Å². The molecule has 0 amide bonds. The van der Waals surface area contributed by atoms with Crippen molar-refractivity contribution in [1.29, 1.82) is 0 Å². The molecule has 0 atom stereocenters. The van der Waals surface area contributed by atoms with Gasteiger partial charge in [0.05, 0.1) is 19.0 Å². The first-order valence-corrected chi connectivity index (χ1v) is 9.28. The minimum Gasteiger partial charge on any atom is -0.379 e. The Morgan fingerprint density at radius 1 is 1.16 bits per heavy atom.